The van der Waals surface area contributed by atoms with Crippen LogP contribution in [-0.2, 0) is 22.4 Å². The van der Waals surface area contributed by atoms with E-state index >= 15 is 0 Å². The van der Waals surface area contributed by atoms with Crippen molar-refractivity contribution < 1.29 is 14.3 Å². The molecule has 0 bridgehead atoms. The number of aromatic nitrogens is 1. The van der Waals surface area contributed by atoms with Crippen molar-refractivity contribution in [3.05, 3.63) is 72.4 Å². The maximum absolute atomic E-state index is 13.0. The fourth-order valence-electron chi connectivity index (χ4n) is 3.69. The van der Waals surface area contributed by atoms with Crippen LogP contribution in [0.3, 0.4) is 0 Å². The molecule has 1 aliphatic heterocycles. The first-order valence-electron chi connectivity index (χ1n) is 9.84. The van der Waals surface area contributed by atoms with Crippen LogP contribution in [0.5, 0.6) is 5.88 Å². The summed E-state index contributed by atoms with van der Waals surface area (Å²) in [6.45, 7) is 5.18. The Bertz CT molecular complexity index is 853. The number of aryl methyl sites for hydroxylation is 1. The van der Waals surface area contributed by atoms with Crippen molar-refractivity contribution in [2.75, 3.05) is 26.7 Å². The zero-order chi connectivity index (χ0) is 20.6. The van der Waals surface area contributed by atoms with Crippen LogP contribution >= 0.6 is 0 Å². The summed E-state index contributed by atoms with van der Waals surface area (Å²) >= 11 is 0. The largest absolute Gasteiger partial charge is 0.481 e. The van der Waals surface area contributed by atoms with Crippen molar-refractivity contribution in [2.24, 2.45) is 0 Å². The molecule has 0 aliphatic carbocycles. The molecule has 2 heterocycles. The highest BCUT2D eigenvalue weighted by molar-refractivity contribution is 5.87. The van der Waals surface area contributed by atoms with Gasteiger partial charge in [-0.3, -0.25) is 9.59 Å². The fourth-order valence-corrected chi connectivity index (χ4v) is 3.69. The minimum atomic E-state index is -0.0842. The predicted molar refractivity (Wildman–Crippen MR) is 112 cm³/mol. The second-order valence-corrected chi connectivity index (χ2v) is 7.13. The van der Waals surface area contributed by atoms with E-state index in [1.54, 1.807) is 18.2 Å². The number of ether oxygens (including phenoxy) is 1. The van der Waals surface area contributed by atoms with Gasteiger partial charge in [-0.2, -0.15) is 0 Å². The summed E-state index contributed by atoms with van der Waals surface area (Å²) in [7, 11) is 1.58. The van der Waals surface area contributed by atoms with Crippen LogP contribution in [-0.4, -0.2) is 59.4 Å². The van der Waals surface area contributed by atoms with E-state index in [1.165, 1.54) is 6.08 Å². The summed E-state index contributed by atoms with van der Waals surface area (Å²) in [4.78, 5) is 32.9. The van der Waals surface area contributed by atoms with Gasteiger partial charge in [-0.05, 0) is 36.1 Å². The zero-order valence-electron chi connectivity index (χ0n) is 16.8. The van der Waals surface area contributed by atoms with Crippen molar-refractivity contribution in [1.82, 2.24) is 14.8 Å². The van der Waals surface area contributed by atoms with E-state index in [9.17, 15) is 9.59 Å². The standard InChI is InChI=1S/C23H27N3O3/c1-3-22(27)25-13-14-26(20(17-25)15-18-7-5-4-6-8-18)23(28)10-9-19-11-12-24-21(16-19)29-2/h3-8,11-12,16,20H,1,9-10,13-15,17H2,2H3. The van der Waals surface area contributed by atoms with Crippen LogP contribution in [0, 0.1) is 0 Å². The molecule has 1 aromatic carbocycles. The molecule has 0 spiro atoms. The van der Waals surface area contributed by atoms with Crippen LogP contribution in [0.1, 0.15) is 17.5 Å². The molecule has 0 radical (unpaired) electrons. The second kappa shape index (κ2) is 9.87. The summed E-state index contributed by atoms with van der Waals surface area (Å²) in [6.07, 6.45) is 4.79. The third-order valence-electron chi connectivity index (χ3n) is 5.24. The highest BCUT2D eigenvalue weighted by Gasteiger charge is 2.31. The molecule has 1 unspecified atom stereocenters. The number of pyridine rings is 1. The first kappa shape index (κ1) is 20.6. The molecular weight excluding hydrogens is 366 g/mol. The van der Waals surface area contributed by atoms with Crippen LogP contribution in [0.15, 0.2) is 61.3 Å². The van der Waals surface area contributed by atoms with Crippen molar-refractivity contribution >= 4 is 11.8 Å². The summed E-state index contributed by atoms with van der Waals surface area (Å²) in [5, 5.41) is 0. The molecule has 6 heteroatoms. The average molecular weight is 393 g/mol. The summed E-state index contributed by atoms with van der Waals surface area (Å²) in [5.74, 6) is 0.569. The molecule has 2 aromatic rings. The zero-order valence-corrected chi connectivity index (χ0v) is 16.8. The van der Waals surface area contributed by atoms with E-state index in [4.69, 9.17) is 4.74 Å². The van der Waals surface area contributed by atoms with Gasteiger partial charge in [-0.1, -0.05) is 36.9 Å². The third kappa shape index (κ3) is 5.44. The van der Waals surface area contributed by atoms with Gasteiger partial charge in [0.15, 0.2) is 0 Å². The monoisotopic (exact) mass is 393 g/mol. The van der Waals surface area contributed by atoms with Crippen molar-refractivity contribution in [3.63, 3.8) is 0 Å². The number of benzene rings is 1. The van der Waals surface area contributed by atoms with Crippen LogP contribution in [0.25, 0.3) is 0 Å². The van der Waals surface area contributed by atoms with E-state index < -0.39 is 0 Å². The molecular formula is C23H27N3O3. The molecule has 3 rings (SSSR count). The second-order valence-electron chi connectivity index (χ2n) is 7.13. The number of nitrogens with zero attached hydrogens (tertiary/aromatic N) is 3. The summed E-state index contributed by atoms with van der Waals surface area (Å²) in [5.41, 5.74) is 2.17. The van der Waals surface area contributed by atoms with Gasteiger partial charge in [0.05, 0.1) is 13.2 Å². The minimum absolute atomic E-state index is 0.0467. The number of methoxy groups -OCH3 is 1. The van der Waals surface area contributed by atoms with Crippen molar-refractivity contribution in [1.29, 1.82) is 0 Å². The highest BCUT2D eigenvalue weighted by Crippen LogP contribution is 2.18. The lowest BCUT2D eigenvalue weighted by Crippen LogP contribution is -2.57. The number of amides is 2. The van der Waals surface area contributed by atoms with Crippen LogP contribution in [0.2, 0.25) is 0 Å². The van der Waals surface area contributed by atoms with Gasteiger partial charge in [0.1, 0.15) is 0 Å². The van der Waals surface area contributed by atoms with Crippen molar-refractivity contribution in [3.8, 4) is 5.88 Å². The van der Waals surface area contributed by atoms with E-state index in [-0.39, 0.29) is 17.9 Å². The Morgan fingerprint density at radius 3 is 2.72 bits per heavy atom. The molecule has 1 saturated heterocycles. The Morgan fingerprint density at radius 1 is 1.21 bits per heavy atom. The van der Waals surface area contributed by atoms with E-state index in [0.717, 1.165) is 17.5 Å². The van der Waals surface area contributed by atoms with Crippen molar-refractivity contribution in [2.45, 2.75) is 25.3 Å². The average Bonchev–Trinajstić information content (AvgIpc) is 2.77. The van der Waals surface area contributed by atoms with Crippen LogP contribution in [0.4, 0.5) is 0 Å². The van der Waals surface area contributed by atoms with Gasteiger partial charge in [-0.25, -0.2) is 4.98 Å². The van der Waals surface area contributed by atoms with E-state index in [2.05, 4.69) is 23.7 Å². The molecule has 1 atom stereocenters. The smallest absolute Gasteiger partial charge is 0.246 e. The highest BCUT2D eigenvalue weighted by atomic mass is 16.5. The number of piperazine rings is 1. The lowest BCUT2D eigenvalue weighted by Gasteiger charge is -2.41. The Hall–Kier alpha value is -3.15. The maximum atomic E-state index is 13.0. The Morgan fingerprint density at radius 2 is 2.00 bits per heavy atom. The molecule has 1 fully saturated rings. The molecule has 1 aliphatic rings. The molecule has 2 amide bonds. The first-order chi connectivity index (χ1) is 14.1. The van der Waals surface area contributed by atoms with Gasteiger partial charge in [0, 0.05) is 38.3 Å². The minimum Gasteiger partial charge on any atom is -0.481 e. The Balaban J connectivity index is 1.69. The third-order valence-corrected chi connectivity index (χ3v) is 5.24. The first-order valence-corrected chi connectivity index (χ1v) is 9.84. The molecule has 0 saturated carbocycles. The van der Waals surface area contributed by atoms with Gasteiger partial charge in [0.2, 0.25) is 17.7 Å². The fraction of sp³-hybridized carbons (Fsp3) is 0.348. The molecule has 29 heavy (non-hydrogen) atoms. The molecule has 0 N–H and O–H groups in total. The molecule has 152 valence electrons. The van der Waals surface area contributed by atoms with Gasteiger partial charge in [0.25, 0.3) is 0 Å². The topological polar surface area (TPSA) is 62.7 Å². The number of hydrogen-bond donors (Lipinski definition) is 0. The molecule has 1 aromatic heterocycles. The summed E-state index contributed by atoms with van der Waals surface area (Å²) in [6, 6.07) is 13.8. The number of hydrogen-bond acceptors (Lipinski definition) is 4. The normalized spacial score (nSPS) is 16.4. The lowest BCUT2D eigenvalue weighted by molar-refractivity contribution is -0.140. The number of rotatable bonds is 7. The SMILES string of the molecule is C=CC(=O)N1CCN(C(=O)CCc2ccnc(OC)c2)C(Cc2ccccc2)C1. The maximum Gasteiger partial charge on any atom is 0.246 e. The number of carbonyl (C=O) groups is 2. The van der Waals surface area contributed by atoms with Gasteiger partial charge >= 0.3 is 0 Å². The Kier molecular flexibility index (Phi) is 7.00. The van der Waals surface area contributed by atoms with Gasteiger partial charge in [-0.15, -0.1) is 0 Å². The predicted octanol–water partition coefficient (Wildman–Crippen LogP) is 2.49. The quantitative estimate of drug-likeness (QED) is 0.678. The Labute approximate surface area is 171 Å². The van der Waals surface area contributed by atoms with Gasteiger partial charge < -0.3 is 14.5 Å². The summed E-state index contributed by atoms with van der Waals surface area (Å²) < 4.78 is 5.15. The lowest BCUT2D eigenvalue weighted by atomic mass is 10.0. The van der Waals surface area contributed by atoms with E-state index in [0.29, 0.717) is 38.4 Å². The van der Waals surface area contributed by atoms with E-state index in [1.807, 2.05) is 35.2 Å². The van der Waals surface area contributed by atoms with Crippen LogP contribution < -0.4 is 4.74 Å². The number of carbonyl (C=O) groups excluding carboxylic acids is 2. The molecule has 6 nitrogen and oxygen atoms in total.